The van der Waals surface area contributed by atoms with Crippen LogP contribution in [0.5, 0.6) is 0 Å². The molecule has 58 heavy (non-hydrogen) atoms. The van der Waals surface area contributed by atoms with Gasteiger partial charge >= 0.3 is 137 Å². The van der Waals surface area contributed by atoms with Crippen LogP contribution in [0, 0.1) is 56.3 Å². The van der Waals surface area contributed by atoms with Crippen molar-refractivity contribution in [1.29, 1.82) is 0 Å². The van der Waals surface area contributed by atoms with Gasteiger partial charge in [-0.25, -0.2) is 12.2 Å². The Morgan fingerprint density at radius 1 is 0.672 bits per heavy atom. The van der Waals surface area contributed by atoms with Crippen molar-refractivity contribution in [1.82, 2.24) is 0 Å². The minimum Gasteiger partial charge on any atom is -1.00 e. The van der Waals surface area contributed by atoms with Gasteiger partial charge in [0.25, 0.3) is 0 Å². The second-order valence-electron chi connectivity index (χ2n) is 17.2. The summed E-state index contributed by atoms with van der Waals surface area (Å²) in [6, 6.07) is 9.16. The number of allylic oxidation sites excluding steroid dienone is 16. The molecule has 2 saturated carbocycles. The molecular weight excluding hydrogens is 865 g/mol. The third-order valence-corrected chi connectivity index (χ3v) is 17.0. The number of fused-ring (bicyclic) bond motifs is 8. The van der Waals surface area contributed by atoms with Gasteiger partial charge in [0, 0.05) is 10.8 Å². The number of hydrogen-bond acceptors (Lipinski definition) is 0. The molecule has 6 aliphatic rings. The van der Waals surface area contributed by atoms with E-state index in [1.165, 1.54) is 29.8 Å². The van der Waals surface area contributed by atoms with Crippen molar-refractivity contribution in [3.63, 3.8) is 0 Å². The third-order valence-electron chi connectivity index (χ3n) is 15.6. The molecule has 0 radical (unpaired) electrons. The molecule has 8 unspecified atom stereocenters. The number of halogens is 8. The van der Waals surface area contributed by atoms with Crippen LogP contribution in [0.1, 0.15) is 84.1 Å². The van der Waals surface area contributed by atoms with E-state index in [2.05, 4.69) is 141 Å². The minimum atomic E-state index is -4.49. The molecule has 2 aromatic carbocycles. The van der Waals surface area contributed by atoms with E-state index in [0.29, 0.717) is 9.12 Å². The molecule has 0 nitrogen and oxygen atoms in total. The summed E-state index contributed by atoms with van der Waals surface area (Å²) in [6.45, 7) is 20.3. The second kappa shape index (κ2) is 16.3. The predicted octanol–water partition coefficient (Wildman–Crippen LogP) is 7.80. The average Bonchev–Trinajstić information content (AvgIpc) is 3.80. The zero-order valence-corrected chi connectivity index (χ0v) is 38.1. The van der Waals surface area contributed by atoms with Gasteiger partial charge in [0.15, 0.2) is 0 Å². The topological polar surface area (TPSA) is 0 Å². The van der Waals surface area contributed by atoms with E-state index in [-0.39, 0.29) is 73.8 Å². The van der Waals surface area contributed by atoms with Crippen LogP contribution >= 0.6 is 0 Å². The molecule has 308 valence electrons. The molecule has 8 atom stereocenters. The van der Waals surface area contributed by atoms with E-state index < -0.39 is 23.5 Å². The summed E-state index contributed by atoms with van der Waals surface area (Å²) in [6.07, 6.45) is 30.3. The van der Waals surface area contributed by atoms with Gasteiger partial charge in [-0.2, -0.15) is 6.08 Å². The van der Waals surface area contributed by atoms with Gasteiger partial charge in [-0.15, -0.1) is 23.8 Å². The Bertz CT molecular complexity index is 2080. The number of hydrogen-bond donors (Lipinski definition) is 0. The minimum absolute atomic E-state index is 0. The summed E-state index contributed by atoms with van der Waals surface area (Å²) in [5.74, 6) is 0.460. The van der Waals surface area contributed by atoms with Gasteiger partial charge < -0.3 is 31.2 Å². The Morgan fingerprint density at radius 3 is 1.57 bits per heavy atom. The van der Waals surface area contributed by atoms with Crippen LogP contribution in [0.3, 0.4) is 0 Å². The molecule has 0 aliphatic heterocycles. The normalized spacial score (nSPS) is 35.7. The van der Waals surface area contributed by atoms with Crippen LogP contribution in [0.4, 0.5) is 26.3 Å². The fraction of sp³-hybridized carbons (Fsp3) is 0.388. The smallest absolute Gasteiger partial charge is 0.109 e. The molecule has 9 heteroatoms. The summed E-state index contributed by atoms with van der Waals surface area (Å²) in [4.78, 5) is 0. The maximum Gasteiger partial charge on any atom is -0.109 e. The first kappa shape index (κ1) is 47.9. The third kappa shape index (κ3) is 6.80. The first-order valence-electron chi connectivity index (χ1n) is 19.1. The summed E-state index contributed by atoms with van der Waals surface area (Å²) in [5, 5.41) is 0. The Kier molecular flexibility index (Phi) is 13.5. The van der Waals surface area contributed by atoms with E-state index in [9.17, 15) is 26.3 Å². The Hall–Kier alpha value is -2.73. The quantitative estimate of drug-likeness (QED) is 0.213. The largest absolute Gasteiger partial charge is 1.00 e. The van der Waals surface area contributed by atoms with E-state index in [4.69, 9.17) is 0 Å². The van der Waals surface area contributed by atoms with E-state index in [1.807, 2.05) is 12.2 Å². The van der Waals surface area contributed by atoms with Crippen molar-refractivity contribution in [2.45, 2.75) is 74.2 Å². The molecule has 8 rings (SSSR count). The van der Waals surface area contributed by atoms with Crippen LogP contribution < -0.4 is 24.8 Å². The first-order valence-corrected chi connectivity index (χ1v) is 20.3. The molecule has 0 bridgehead atoms. The number of benzene rings is 2. The molecule has 0 heterocycles. The van der Waals surface area contributed by atoms with Crippen LogP contribution in [0.25, 0.3) is 0 Å². The van der Waals surface area contributed by atoms with Crippen molar-refractivity contribution < 1.29 is 75.4 Å². The maximum absolute atomic E-state index is 12.7. The molecule has 0 amide bonds. The number of rotatable bonds is 2. The van der Waals surface area contributed by atoms with Gasteiger partial charge in [-0.3, -0.25) is 6.08 Å². The SMILES string of the molecule is CC1=CC=CC2[CH-]C3(C)C4(C)C=CC=CC4(C)C4(C)C=CC=CC4(C)C3(C)C12C.FC(F)(F)c1cccc([C](=[Zr+2])c2cccc(C(F)(F)F)c2)c1.[C-]1=CC=CC1.[Cl-].[Cl-]. The fourth-order valence-corrected chi connectivity index (χ4v) is 12.2. The van der Waals surface area contributed by atoms with Gasteiger partial charge in [-0.1, -0.05) is 115 Å². The van der Waals surface area contributed by atoms with Crippen LogP contribution in [0.15, 0.2) is 139 Å². The van der Waals surface area contributed by atoms with Crippen LogP contribution in [-0.4, -0.2) is 3.21 Å². The fourth-order valence-electron chi connectivity index (χ4n) is 11.5. The summed E-state index contributed by atoms with van der Waals surface area (Å²) in [7, 11) is 0. The van der Waals surface area contributed by atoms with Crippen LogP contribution in [-0.2, 0) is 36.6 Å². The Balaban J connectivity index is 0.000000228. The molecule has 6 aliphatic carbocycles. The molecule has 0 spiro atoms. The summed E-state index contributed by atoms with van der Waals surface area (Å²) < 4.78 is 76.7. The second-order valence-corrected chi connectivity index (χ2v) is 18.5. The molecule has 2 aromatic rings. The van der Waals surface area contributed by atoms with Gasteiger partial charge in [0.05, 0.1) is 0 Å². The zero-order chi connectivity index (χ0) is 41.2. The van der Waals surface area contributed by atoms with Gasteiger partial charge in [-0.05, 0) is 28.6 Å². The molecule has 2 fully saturated rings. The van der Waals surface area contributed by atoms with Crippen LogP contribution in [0.2, 0.25) is 0 Å². The van der Waals surface area contributed by atoms with Crippen molar-refractivity contribution in [2.24, 2.45) is 43.8 Å². The first-order chi connectivity index (χ1) is 26.0. The zero-order valence-electron chi connectivity index (χ0n) is 34.1. The maximum atomic E-state index is 12.7. The summed E-state index contributed by atoms with van der Waals surface area (Å²) >= 11 is 0.729. The molecular formula is C49H50Cl2F6Zr-2. The molecule has 0 N–H and O–H groups in total. The van der Waals surface area contributed by atoms with Crippen molar-refractivity contribution in [3.05, 3.63) is 174 Å². The average molecular weight is 915 g/mol. The molecule has 0 saturated heterocycles. The van der Waals surface area contributed by atoms with Gasteiger partial charge in [0.2, 0.25) is 0 Å². The van der Waals surface area contributed by atoms with Crippen molar-refractivity contribution in [3.8, 4) is 0 Å². The Morgan fingerprint density at radius 2 is 1.14 bits per heavy atom. The predicted molar refractivity (Wildman–Crippen MR) is 212 cm³/mol. The number of alkyl halides is 6. The van der Waals surface area contributed by atoms with E-state index >= 15 is 0 Å². The monoisotopic (exact) mass is 912 g/mol. The van der Waals surface area contributed by atoms with Crippen molar-refractivity contribution in [2.75, 3.05) is 0 Å². The standard InChI is InChI=1S/C29H37.C15H8F6.C5H5.2ClH.Zr/c1-21-14-13-15-22-20-27(6)25(4)18-10-9-16-23(25,2)24(3)17-11-12-19-26(24,5)29(27,8)28(21,22)7;16-14(17,18)12-5-1-3-10(8-12)7-11-4-2-6-13(9-11)15(19,20)21;1-2-4-5-3-1;;;/h9-20,22H,1-8H3;1-6,8-9H;1-3H,4H2;2*1H;/q-1;;-1;;;+2/p-2. The Labute approximate surface area is 368 Å². The molecule has 0 aromatic heterocycles. The summed E-state index contributed by atoms with van der Waals surface area (Å²) in [5.41, 5.74) is 0.630. The van der Waals surface area contributed by atoms with E-state index in [0.717, 1.165) is 54.9 Å². The van der Waals surface area contributed by atoms with Gasteiger partial charge in [0.1, 0.15) is 0 Å². The van der Waals surface area contributed by atoms with E-state index in [1.54, 1.807) is 0 Å². The van der Waals surface area contributed by atoms with Crippen molar-refractivity contribution >= 4 is 3.21 Å².